The molecule has 5 nitrogen and oxygen atoms in total. The van der Waals surface area contributed by atoms with Crippen LogP contribution in [0.4, 0.5) is 20.2 Å². The maximum atomic E-state index is 13.5. The van der Waals surface area contributed by atoms with Crippen LogP contribution in [0.25, 0.3) is 0 Å². The number of rotatable bonds is 6. The van der Waals surface area contributed by atoms with Gasteiger partial charge in [-0.3, -0.25) is 4.79 Å². The Hall–Kier alpha value is -1.89. The number of halogens is 2. The first-order chi connectivity index (χ1) is 8.97. The van der Waals surface area contributed by atoms with E-state index in [-0.39, 0.29) is 17.3 Å². The Labute approximate surface area is 110 Å². The summed E-state index contributed by atoms with van der Waals surface area (Å²) in [5, 5.41) is 5.13. The fourth-order valence-corrected chi connectivity index (χ4v) is 1.42. The van der Waals surface area contributed by atoms with Crippen molar-refractivity contribution in [3.8, 4) is 0 Å². The summed E-state index contributed by atoms with van der Waals surface area (Å²) < 4.78 is 31.4. The van der Waals surface area contributed by atoms with Crippen molar-refractivity contribution in [2.75, 3.05) is 31.3 Å². The predicted octanol–water partition coefficient (Wildman–Crippen LogP) is 1.11. The van der Waals surface area contributed by atoms with Gasteiger partial charge in [-0.2, -0.15) is 0 Å². The molecule has 7 heteroatoms. The number of amides is 1. The molecule has 0 aliphatic carbocycles. The van der Waals surface area contributed by atoms with Crippen LogP contribution in [0, 0.1) is 11.6 Å². The number of nitrogen functional groups attached to an aromatic ring is 1. The Balaban J connectivity index is 2.69. The highest BCUT2D eigenvalue weighted by Crippen LogP contribution is 2.25. The lowest BCUT2D eigenvalue weighted by molar-refractivity contribution is -0.121. The number of methoxy groups -OCH3 is 1. The number of carbonyl (C=O) groups is 1. The number of hydrogen-bond acceptors (Lipinski definition) is 4. The van der Waals surface area contributed by atoms with Crippen molar-refractivity contribution in [1.29, 1.82) is 0 Å². The Morgan fingerprint density at radius 1 is 1.47 bits per heavy atom. The van der Waals surface area contributed by atoms with Gasteiger partial charge in [-0.1, -0.05) is 0 Å². The van der Waals surface area contributed by atoms with E-state index in [1.165, 1.54) is 20.1 Å². The molecule has 1 unspecified atom stereocenters. The van der Waals surface area contributed by atoms with Gasteiger partial charge in [0.25, 0.3) is 0 Å². The molecule has 0 aliphatic heterocycles. The number of carbonyl (C=O) groups excluding carboxylic acids is 1. The average molecular weight is 273 g/mol. The zero-order chi connectivity index (χ0) is 14.4. The van der Waals surface area contributed by atoms with Crippen molar-refractivity contribution >= 4 is 17.3 Å². The summed E-state index contributed by atoms with van der Waals surface area (Å²) in [5.41, 5.74) is 5.36. The number of nitrogens with two attached hydrogens (primary N) is 1. The fourth-order valence-electron chi connectivity index (χ4n) is 1.42. The highest BCUT2D eigenvalue weighted by molar-refractivity contribution is 5.85. The molecule has 19 heavy (non-hydrogen) atoms. The topological polar surface area (TPSA) is 76.4 Å². The number of ether oxygens (including phenoxy) is 1. The molecule has 0 fully saturated rings. The van der Waals surface area contributed by atoms with E-state index in [2.05, 4.69) is 10.6 Å². The summed E-state index contributed by atoms with van der Waals surface area (Å²) in [4.78, 5) is 11.6. The fraction of sp³-hybridized carbons (Fsp3) is 0.417. The van der Waals surface area contributed by atoms with Crippen molar-refractivity contribution in [2.24, 2.45) is 0 Å². The zero-order valence-electron chi connectivity index (χ0n) is 10.8. The number of hydrogen-bond donors (Lipinski definition) is 3. The Kier molecular flexibility index (Phi) is 5.50. The van der Waals surface area contributed by atoms with Gasteiger partial charge >= 0.3 is 0 Å². The molecule has 0 radical (unpaired) electrons. The smallest absolute Gasteiger partial charge is 0.242 e. The lowest BCUT2D eigenvalue weighted by Gasteiger charge is -2.17. The molecule has 1 rings (SSSR count). The first-order valence-electron chi connectivity index (χ1n) is 5.74. The van der Waals surface area contributed by atoms with Crippen molar-refractivity contribution in [3.05, 3.63) is 23.8 Å². The number of benzene rings is 1. The largest absolute Gasteiger partial charge is 0.397 e. The Morgan fingerprint density at radius 3 is 2.79 bits per heavy atom. The summed E-state index contributed by atoms with van der Waals surface area (Å²) in [5.74, 6) is -2.49. The minimum Gasteiger partial charge on any atom is -0.397 e. The Morgan fingerprint density at radius 2 is 2.16 bits per heavy atom. The van der Waals surface area contributed by atoms with Crippen LogP contribution in [0.1, 0.15) is 6.92 Å². The van der Waals surface area contributed by atoms with Gasteiger partial charge < -0.3 is 21.1 Å². The maximum absolute atomic E-state index is 13.5. The third-order valence-electron chi connectivity index (χ3n) is 2.49. The van der Waals surface area contributed by atoms with Crippen LogP contribution in [0.3, 0.4) is 0 Å². The highest BCUT2D eigenvalue weighted by Gasteiger charge is 2.18. The van der Waals surface area contributed by atoms with Crippen LogP contribution in [0.15, 0.2) is 12.1 Å². The van der Waals surface area contributed by atoms with Gasteiger partial charge in [0, 0.05) is 13.7 Å². The summed E-state index contributed by atoms with van der Waals surface area (Å²) >= 11 is 0. The maximum Gasteiger partial charge on any atom is 0.242 e. The van der Waals surface area contributed by atoms with Crippen LogP contribution >= 0.6 is 0 Å². The van der Waals surface area contributed by atoms with Crippen molar-refractivity contribution in [3.63, 3.8) is 0 Å². The SMILES string of the molecule is COCCNC(=O)C(C)Nc1c(N)ccc(F)c1F. The van der Waals surface area contributed by atoms with E-state index >= 15 is 0 Å². The standard InChI is InChI=1S/C12H17F2N3O2/c1-7(12(18)16-5-6-19-2)17-11-9(15)4-3-8(13)10(11)14/h3-4,7,17H,5-6,15H2,1-2H3,(H,16,18). The predicted molar refractivity (Wildman–Crippen MR) is 68.7 cm³/mol. The molecule has 0 aromatic heterocycles. The minimum absolute atomic E-state index is 0.0374. The number of anilines is 2. The molecule has 0 saturated carbocycles. The van der Waals surface area contributed by atoms with E-state index in [1.807, 2.05) is 0 Å². The lowest BCUT2D eigenvalue weighted by atomic mass is 10.2. The molecule has 106 valence electrons. The quantitative estimate of drug-likeness (QED) is 0.536. The van der Waals surface area contributed by atoms with Crippen molar-refractivity contribution < 1.29 is 18.3 Å². The lowest BCUT2D eigenvalue weighted by Crippen LogP contribution is -2.39. The van der Waals surface area contributed by atoms with E-state index in [0.29, 0.717) is 13.2 Å². The first-order valence-corrected chi connectivity index (χ1v) is 5.74. The molecule has 4 N–H and O–H groups in total. The van der Waals surface area contributed by atoms with E-state index in [1.54, 1.807) is 0 Å². The highest BCUT2D eigenvalue weighted by atomic mass is 19.2. The molecule has 0 aliphatic rings. The van der Waals surface area contributed by atoms with Gasteiger partial charge in [0.15, 0.2) is 11.6 Å². The van der Waals surface area contributed by atoms with E-state index < -0.39 is 17.7 Å². The second-order valence-corrected chi connectivity index (χ2v) is 3.98. The second-order valence-electron chi connectivity index (χ2n) is 3.98. The molecule has 1 aromatic rings. The minimum atomic E-state index is -1.10. The van der Waals surface area contributed by atoms with E-state index in [0.717, 1.165) is 6.07 Å². The molecule has 1 aromatic carbocycles. The average Bonchev–Trinajstić information content (AvgIpc) is 2.39. The summed E-state index contributed by atoms with van der Waals surface area (Å²) in [6.07, 6.45) is 0. The van der Waals surface area contributed by atoms with Crippen molar-refractivity contribution in [1.82, 2.24) is 5.32 Å². The van der Waals surface area contributed by atoms with Gasteiger partial charge in [0.1, 0.15) is 6.04 Å². The van der Waals surface area contributed by atoms with Crippen LogP contribution in [-0.2, 0) is 9.53 Å². The molecule has 1 amide bonds. The summed E-state index contributed by atoms with van der Waals surface area (Å²) in [6, 6.07) is 1.41. The van der Waals surface area contributed by atoms with Crippen molar-refractivity contribution in [2.45, 2.75) is 13.0 Å². The van der Waals surface area contributed by atoms with Crippen LogP contribution in [0.5, 0.6) is 0 Å². The van der Waals surface area contributed by atoms with Gasteiger partial charge in [-0.25, -0.2) is 8.78 Å². The normalized spacial score (nSPS) is 12.0. The first kappa shape index (κ1) is 15.2. The third kappa shape index (κ3) is 4.06. The summed E-state index contributed by atoms with van der Waals surface area (Å²) in [6.45, 7) is 2.23. The molecular formula is C12H17F2N3O2. The molecule has 1 atom stereocenters. The van der Waals surface area contributed by atoms with Crippen LogP contribution in [0.2, 0.25) is 0 Å². The molecular weight excluding hydrogens is 256 g/mol. The third-order valence-corrected chi connectivity index (χ3v) is 2.49. The van der Waals surface area contributed by atoms with Gasteiger partial charge in [0.2, 0.25) is 5.91 Å². The molecule has 0 spiro atoms. The molecule has 0 saturated heterocycles. The monoisotopic (exact) mass is 273 g/mol. The van der Waals surface area contributed by atoms with E-state index in [9.17, 15) is 13.6 Å². The van der Waals surface area contributed by atoms with Gasteiger partial charge in [-0.15, -0.1) is 0 Å². The second kappa shape index (κ2) is 6.89. The Bertz CT molecular complexity index is 455. The van der Waals surface area contributed by atoms with Crippen LogP contribution < -0.4 is 16.4 Å². The molecule has 0 bridgehead atoms. The summed E-state index contributed by atoms with van der Waals surface area (Å²) in [7, 11) is 1.51. The van der Waals surface area contributed by atoms with Gasteiger partial charge in [-0.05, 0) is 19.1 Å². The zero-order valence-corrected chi connectivity index (χ0v) is 10.8. The van der Waals surface area contributed by atoms with Crippen LogP contribution in [-0.4, -0.2) is 32.2 Å². The van der Waals surface area contributed by atoms with E-state index in [4.69, 9.17) is 10.5 Å². The molecule has 0 heterocycles. The number of nitrogens with one attached hydrogen (secondary N) is 2. The van der Waals surface area contributed by atoms with Gasteiger partial charge in [0.05, 0.1) is 18.0 Å².